The summed E-state index contributed by atoms with van der Waals surface area (Å²) >= 11 is 0. The summed E-state index contributed by atoms with van der Waals surface area (Å²) in [5.41, 5.74) is 2.91. The summed E-state index contributed by atoms with van der Waals surface area (Å²) in [7, 11) is 6.41. The largest absolute Gasteiger partial charge is 0.496 e. The van der Waals surface area contributed by atoms with Crippen molar-refractivity contribution in [1.82, 2.24) is 10.1 Å². The van der Waals surface area contributed by atoms with Crippen LogP contribution in [0.2, 0.25) is 0 Å². The van der Waals surface area contributed by atoms with E-state index in [1.165, 1.54) is 0 Å². The highest BCUT2D eigenvalue weighted by Crippen LogP contribution is 2.41. The number of hydrogen-bond donors (Lipinski definition) is 0. The molecular formula is C25H26N2O6. The minimum Gasteiger partial charge on any atom is -0.496 e. The number of para-hydroxylation sites is 1. The van der Waals surface area contributed by atoms with E-state index in [2.05, 4.69) is 5.16 Å². The van der Waals surface area contributed by atoms with Gasteiger partial charge in [-0.2, -0.15) is 0 Å². The predicted octanol–water partition coefficient (Wildman–Crippen LogP) is 4.31. The van der Waals surface area contributed by atoms with Crippen LogP contribution in [0.1, 0.15) is 22.5 Å². The van der Waals surface area contributed by atoms with Gasteiger partial charge in [0.05, 0.1) is 39.6 Å². The molecule has 0 spiro atoms. The second-order valence-corrected chi connectivity index (χ2v) is 7.41. The van der Waals surface area contributed by atoms with Crippen LogP contribution < -0.4 is 18.9 Å². The Bertz CT molecular complexity index is 1160. The van der Waals surface area contributed by atoms with Gasteiger partial charge in [-0.25, -0.2) is 0 Å². The number of amides is 1. The van der Waals surface area contributed by atoms with Gasteiger partial charge in [0.15, 0.2) is 11.5 Å². The molecule has 0 N–H and O–H groups in total. The van der Waals surface area contributed by atoms with E-state index in [-0.39, 0.29) is 11.6 Å². The Morgan fingerprint density at radius 2 is 1.64 bits per heavy atom. The summed E-state index contributed by atoms with van der Waals surface area (Å²) in [6.45, 7) is 0.962. The zero-order chi connectivity index (χ0) is 23.4. The van der Waals surface area contributed by atoms with Gasteiger partial charge in [0, 0.05) is 31.3 Å². The lowest BCUT2D eigenvalue weighted by Gasteiger charge is -2.27. The Balaban J connectivity index is 1.54. The number of ether oxygens (including phenoxy) is 4. The Hall–Kier alpha value is -3.94. The number of carbonyl (C=O) groups is 1. The van der Waals surface area contributed by atoms with Gasteiger partial charge in [-0.3, -0.25) is 4.79 Å². The highest BCUT2D eigenvalue weighted by molar-refractivity contribution is 5.94. The monoisotopic (exact) mass is 450 g/mol. The van der Waals surface area contributed by atoms with Gasteiger partial charge in [0.2, 0.25) is 0 Å². The lowest BCUT2D eigenvalue weighted by Crippen LogP contribution is -2.34. The van der Waals surface area contributed by atoms with E-state index in [0.29, 0.717) is 48.3 Å². The van der Waals surface area contributed by atoms with Crippen molar-refractivity contribution in [2.75, 3.05) is 41.5 Å². The fourth-order valence-electron chi connectivity index (χ4n) is 3.92. The normalized spacial score (nSPS) is 13.3. The first-order valence-corrected chi connectivity index (χ1v) is 10.5. The average Bonchev–Trinajstić information content (AvgIpc) is 3.37. The molecule has 8 heteroatoms. The molecule has 172 valence electrons. The predicted molar refractivity (Wildman–Crippen MR) is 123 cm³/mol. The van der Waals surface area contributed by atoms with Gasteiger partial charge < -0.3 is 28.4 Å². The molecule has 3 aromatic rings. The molecule has 0 aliphatic carbocycles. The van der Waals surface area contributed by atoms with Gasteiger partial charge in [-0.15, -0.1) is 0 Å². The molecule has 1 aliphatic rings. The third-order valence-corrected chi connectivity index (χ3v) is 5.63. The van der Waals surface area contributed by atoms with Crippen LogP contribution in [0.5, 0.6) is 23.0 Å². The molecule has 2 aromatic carbocycles. The van der Waals surface area contributed by atoms with E-state index >= 15 is 0 Å². The van der Waals surface area contributed by atoms with Crippen LogP contribution in [0.3, 0.4) is 0 Å². The molecular weight excluding hydrogens is 424 g/mol. The standard InChI is InChI=1S/C25H26N2O6/c1-29-17-13-22(31-3)24(23(14-17)32-4)16-9-11-27(12-10-16)25(28)19-15-21(33-26-19)18-7-5-6-8-20(18)30-2/h5-9,13-15H,10-12H2,1-4H3. The summed E-state index contributed by atoms with van der Waals surface area (Å²) in [6.07, 6.45) is 2.65. The number of methoxy groups -OCH3 is 4. The van der Waals surface area contributed by atoms with Crippen molar-refractivity contribution in [3.8, 4) is 34.3 Å². The van der Waals surface area contributed by atoms with E-state index in [4.69, 9.17) is 23.5 Å². The van der Waals surface area contributed by atoms with Crippen LogP contribution in [0.15, 0.2) is 53.1 Å². The number of aromatic nitrogens is 1. The molecule has 4 rings (SSSR count). The molecule has 8 nitrogen and oxygen atoms in total. The van der Waals surface area contributed by atoms with Crippen LogP contribution in [-0.4, -0.2) is 57.5 Å². The smallest absolute Gasteiger partial charge is 0.276 e. The van der Waals surface area contributed by atoms with Crippen molar-refractivity contribution in [3.05, 3.63) is 59.8 Å². The zero-order valence-electron chi connectivity index (χ0n) is 19.1. The number of carbonyl (C=O) groups excluding carboxylic acids is 1. The average molecular weight is 450 g/mol. The maximum Gasteiger partial charge on any atom is 0.276 e. The Kier molecular flexibility index (Phi) is 6.53. The minimum absolute atomic E-state index is 0.191. The topological polar surface area (TPSA) is 83.3 Å². The second-order valence-electron chi connectivity index (χ2n) is 7.41. The molecule has 0 atom stereocenters. The zero-order valence-corrected chi connectivity index (χ0v) is 19.1. The van der Waals surface area contributed by atoms with Gasteiger partial charge >= 0.3 is 0 Å². The maximum atomic E-state index is 13.0. The van der Waals surface area contributed by atoms with Crippen LogP contribution in [0.4, 0.5) is 0 Å². The van der Waals surface area contributed by atoms with E-state index in [0.717, 1.165) is 16.7 Å². The summed E-state index contributed by atoms with van der Waals surface area (Å²) in [5.74, 6) is 2.92. The number of nitrogens with zero attached hydrogens (tertiary/aromatic N) is 2. The third kappa shape index (κ3) is 4.37. The summed E-state index contributed by atoms with van der Waals surface area (Å²) < 4.78 is 27.3. The molecule has 0 saturated carbocycles. The van der Waals surface area contributed by atoms with E-state index < -0.39 is 0 Å². The number of hydrogen-bond acceptors (Lipinski definition) is 7. The van der Waals surface area contributed by atoms with Gasteiger partial charge in [0.25, 0.3) is 5.91 Å². The fraction of sp³-hybridized carbons (Fsp3) is 0.280. The van der Waals surface area contributed by atoms with Crippen LogP contribution in [-0.2, 0) is 0 Å². The number of rotatable bonds is 7. The molecule has 2 heterocycles. The first-order chi connectivity index (χ1) is 16.1. The van der Waals surface area contributed by atoms with E-state index in [1.54, 1.807) is 39.4 Å². The van der Waals surface area contributed by atoms with Gasteiger partial charge in [-0.05, 0) is 24.1 Å². The van der Waals surface area contributed by atoms with Gasteiger partial charge in [-0.1, -0.05) is 23.4 Å². The number of benzene rings is 2. The molecule has 0 fully saturated rings. The molecule has 0 bridgehead atoms. The lowest BCUT2D eigenvalue weighted by atomic mass is 9.97. The first-order valence-electron chi connectivity index (χ1n) is 10.5. The Labute approximate surface area is 192 Å². The highest BCUT2D eigenvalue weighted by Gasteiger charge is 2.26. The summed E-state index contributed by atoms with van der Waals surface area (Å²) in [6, 6.07) is 12.7. The molecule has 0 radical (unpaired) electrons. The van der Waals surface area contributed by atoms with Crippen LogP contribution in [0, 0.1) is 0 Å². The van der Waals surface area contributed by atoms with E-state index in [1.807, 2.05) is 42.5 Å². The SMILES string of the molecule is COc1cc(OC)c(C2=CCN(C(=O)c3cc(-c4ccccc4OC)on3)CC2)c(OC)c1. The minimum atomic E-state index is -0.191. The molecule has 0 saturated heterocycles. The molecule has 0 unspecified atom stereocenters. The van der Waals surface area contributed by atoms with Crippen molar-refractivity contribution >= 4 is 11.5 Å². The van der Waals surface area contributed by atoms with E-state index in [9.17, 15) is 4.79 Å². The Morgan fingerprint density at radius 1 is 0.939 bits per heavy atom. The first kappa shape index (κ1) is 22.3. The van der Waals surface area contributed by atoms with Crippen molar-refractivity contribution < 1.29 is 28.3 Å². The fourth-order valence-corrected chi connectivity index (χ4v) is 3.92. The van der Waals surface area contributed by atoms with Crippen LogP contribution in [0.25, 0.3) is 16.9 Å². The second kappa shape index (κ2) is 9.68. The molecule has 1 aromatic heterocycles. The molecule has 1 amide bonds. The quantitative estimate of drug-likeness (QED) is 0.531. The molecule has 1 aliphatic heterocycles. The van der Waals surface area contributed by atoms with Crippen molar-refractivity contribution in [2.24, 2.45) is 0 Å². The van der Waals surface area contributed by atoms with Crippen molar-refractivity contribution in [3.63, 3.8) is 0 Å². The molecule has 33 heavy (non-hydrogen) atoms. The lowest BCUT2D eigenvalue weighted by molar-refractivity contribution is 0.0762. The van der Waals surface area contributed by atoms with Crippen molar-refractivity contribution in [1.29, 1.82) is 0 Å². The van der Waals surface area contributed by atoms with Crippen LogP contribution >= 0.6 is 0 Å². The maximum absolute atomic E-state index is 13.0. The third-order valence-electron chi connectivity index (χ3n) is 5.63. The summed E-state index contributed by atoms with van der Waals surface area (Å²) in [5, 5.41) is 4.00. The highest BCUT2D eigenvalue weighted by atomic mass is 16.5. The summed E-state index contributed by atoms with van der Waals surface area (Å²) in [4.78, 5) is 14.8. The van der Waals surface area contributed by atoms with Crippen molar-refractivity contribution in [2.45, 2.75) is 6.42 Å². The van der Waals surface area contributed by atoms with Gasteiger partial charge in [0.1, 0.15) is 23.0 Å². The Morgan fingerprint density at radius 3 is 2.24 bits per heavy atom.